The van der Waals surface area contributed by atoms with Crippen LogP contribution in [0.25, 0.3) is 16.9 Å². The number of carboxylic acids is 1. The molecule has 0 saturated heterocycles. The van der Waals surface area contributed by atoms with Crippen molar-refractivity contribution in [2.75, 3.05) is 11.9 Å². The normalized spacial score (nSPS) is 10.7. The highest BCUT2D eigenvalue weighted by Gasteiger charge is 2.11. The molecule has 2 aromatic heterocycles. The summed E-state index contributed by atoms with van der Waals surface area (Å²) in [4.78, 5) is 23.0. The summed E-state index contributed by atoms with van der Waals surface area (Å²) < 4.78 is 1.73. The number of carbonyl (C=O) groups is 1. The van der Waals surface area contributed by atoms with Crippen LogP contribution in [0, 0.1) is 0 Å². The zero-order chi connectivity index (χ0) is 14.8. The Hall–Kier alpha value is -2.67. The van der Waals surface area contributed by atoms with Gasteiger partial charge in [0.15, 0.2) is 5.82 Å². The van der Waals surface area contributed by atoms with Crippen LogP contribution in [0.15, 0.2) is 36.8 Å². The van der Waals surface area contributed by atoms with Crippen molar-refractivity contribution in [3.8, 4) is 5.82 Å². The molecule has 0 bridgehead atoms. The van der Waals surface area contributed by atoms with Gasteiger partial charge in [0.2, 0.25) is 5.95 Å². The van der Waals surface area contributed by atoms with Crippen molar-refractivity contribution in [2.24, 2.45) is 0 Å². The van der Waals surface area contributed by atoms with E-state index in [-0.39, 0.29) is 12.5 Å². The minimum Gasteiger partial charge on any atom is -0.480 e. The average Bonchev–Trinajstić information content (AvgIpc) is 2.90. The highest BCUT2D eigenvalue weighted by Crippen LogP contribution is 2.23. The number of hydrogen-bond acceptors (Lipinski definition) is 5. The first-order valence-corrected chi connectivity index (χ1v) is 6.43. The molecule has 2 heterocycles. The van der Waals surface area contributed by atoms with E-state index >= 15 is 0 Å². The summed E-state index contributed by atoms with van der Waals surface area (Å²) in [5.41, 5.74) is 1.66. The van der Waals surface area contributed by atoms with Gasteiger partial charge in [0, 0.05) is 0 Å². The van der Waals surface area contributed by atoms with E-state index in [1.807, 2.05) is 24.3 Å². The molecule has 0 spiro atoms. The van der Waals surface area contributed by atoms with E-state index in [1.165, 1.54) is 6.20 Å². The Kier molecular flexibility index (Phi) is 3.41. The number of nitrogens with zero attached hydrogens (tertiary/aromatic N) is 4. The molecular weight excluding hydrogens is 294 g/mol. The number of imidazole rings is 1. The van der Waals surface area contributed by atoms with Crippen LogP contribution in [0.2, 0.25) is 5.02 Å². The zero-order valence-corrected chi connectivity index (χ0v) is 11.4. The summed E-state index contributed by atoms with van der Waals surface area (Å²) in [6.45, 7) is -0.272. The largest absolute Gasteiger partial charge is 0.480 e. The fourth-order valence-electron chi connectivity index (χ4n) is 1.89. The first kappa shape index (κ1) is 13.3. The van der Waals surface area contributed by atoms with Gasteiger partial charge >= 0.3 is 5.97 Å². The second kappa shape index (κ2) is 5.37. The molecular formula is C13H10ClN5O2. The molecule has 21 heavy (non-hydrogen) atoms. The number of benzene rings is 1. The molecule has 3 aromatic rings. The number of carboxylic acid groups (broad SMARTS) is 1. The van der Waals surface area contributed by atoms with Crippen LogP contribution < -0.4 is 5.32 Å². The van der Waals surface area contributed by atoms with Crippen LogP contribution in [-0.4, -0.2) is 37.1 Å². The summed E-state index contributed by atoms with van der Waals surface area (Å²) in [5, 5.41) is 11.6. The molecule has 2 N–H and O–H groups in total. The van der Waals surface area contributed by atoms with E-state index in [1.54, 1.807) is 10.9 Å². The van der Waals surface area contributed by atoms with Crippen molar-refractivity contribution in [3.05, 3.63) is 41.8 Å². The van der Waals surface area contributed by atoms with E-state index in [0.717, 1.165) is 11.0 Å². The number of hydrogen-bond donors (Lipinski definition) is 2. The van der Waals surface area contributed by atoms with Crippen molar-refractivity contribution in [1.29, 1.82) is 0 Å². The smallest absolute Gasteiger partial charge is 0.322 e. The number of para-hydroxylation sites is 2. The molecule has 106 valence electrons. The lowest BCUT2D eigenvalue weighted by molar-refractivity contribution is -0.134. The molecule has 0 atom stereocenters. The molecule has 3 rings (SSSR count). The quantitative estimate of drug-likeness (QED) is 0.765. The molecule has 0 aliphatic carbocycles. The third-order valence-corrected chi connectivity index (χ3v) is 3.07. The maximum Gasteiger partial charge on any atom is 0.322 e. The van der Waals surface area contributed by atoms with Gasteiger partial charge in [-0.2, -0.15) is 4.98 Å². The monoisotopic (exact) mass is 303 g/mol. The molecule has 0 amide bonds. The average molecular weight is 304 g/mol. The number of fused-ring (bicyclic) bond motifs is 1. The molecule has 0 unspecified atom stereocenters. The number of anilines is 1. The predicted molar refractivity (Wildman–Crippen MR) is 77.8 cm³/mol. The number of aliphatic carboxylic acids is 1. The summed E-state index contributed by atoms with van der Waals surface area (Å²) in [7, 11) is 0. The molecule has 7 nitrogen and oxygen atoms in total. The van der Waals surface area contributed by atoms with Crippen molar-refractivity contribution in [1.82, 2.24) is 19.5 Å². The predicted octanol–water partition coefficient (Wildman–Crippen LogP) is 1.97. The number of aromatic nitrogens is 4. The molecule has 0 saturated carbocycles. The standard InChI is InChI=1S/C13H10ClN5O2/c14-8-5-15-13(16-6-11(20)21)18-12(8)19-7-17-9-3-1-2-4-10(9)19/h1-5,7H,6H2,(H,20,21)(H,15,16,18). The van der Waals surface area contributed by atoms with Crippen LogP contribution in [0.1, 0.15) is 0 Å². The van der Waals surface area contributed by atoms with E-state index < -0.39 is 5.97 Å². The lowest BCUT2D eigenvalue weighted by Crippen LogP contribution is -2.15. The van der Waals surface area contributed by atoms with Gasteiger partial charge in [0.1, 0.15) is 17.9 Å². The van der Waals surface area contributed by atoms with E-state index in [0.29, 0.717) is 10.8 Å². The highest BCUT2D eigenvalue weighted by molar-refractivity contribution is 6.32. The molecule has 0 aliphatic rings. The van der Waals surface area contributed by atoms with Crippen LogP contribution in [-0.2, 0) is 4.79 Å². The Balaban J connectivity index is 2.04. The first-order valence-electron chi connectivity index (χ1n) is 6.06. The third-order valence-electron chi connectivity index (χ3n) is 2.81. The van der Waals surface area contributed by atoms with Crippen LogP contribution in [0.3, 0.4) is 0 Å². The second-order valence-electron chi connectivity index (χ2n) is 4.22. The van der Waals surface area contributed by atoms with Gasteiger partial charge in [-0.3, -0.25) is 9.36 Å². The van der Waals surface area contributed by atoms with Gasteiger partial charge in [-0.1, -0.05) is 23.7 Å². The lowest BCUT2D eigenvalue weighted by Gasteiger charge is -2.08. The van der Waals surface area contributed by atoms with Gasteiger partial charge in [0.25, 0.3) is 0 Å². The van der Waals surface area contributed by atoms with Gasteiger partial charge < -0.3 is 10.4 Å². The number of rotatable bonds is 4. The van der Waals surface area contributed by atoms with Crippen molar-refractivity contribution in [2.45, 2.75) is 0 Å². The van der Waals surface area contributed by atoms with Crippen LogP contribution >= 0.6 is 11.6 Å². The topological polar surface area (TPSA) is 92.9 Å². The lowest BCUT2D eigenvalue weighted by atomic mass is 10.3. The van der Waals surface area contributed by atoms with E-state index in [9.17, 15) is 4.79 Å². The maximum atomic E-state index is 10.6. The SMILES string of the molecule is O=C(O)CNc1ncc(Cl)c(-n2cnc3ccccc32)n1. The molecule has 8 heteroatoms. The highest BCUT2D eigenvalue weighted by atomic mass is 35.5. The Morgan fingerprint density at radius 2 is 2.14 bits per heavy atom. The first-order chi connectivity index (χ1) is 10.1. The Morgan fingerprint density at radius 3 is 2.95 bits per heavy atom. The fourth-order valence-corrected chi connectivity index (χ4v) is 2.08. The minimum atomic E-state index is -0.997. The Morgan fingerprint density at radius 1 is 1.33 bits per heavy atom. The molecule has 0 fully saturated rings. The van der Waals surface area contributed by atoms with Crippen LogP contribution in [0.5, 0.6) is 0 Å². The summed E-state index contributed by atoms with van der Waals surface area (Å²) in [5.74, 6) is -0.369. The van der Waals surface area contributed by atoms with Crippen molar-refractivity contribution >= 4 is 34.6 Å². The van der Waals surface area contributed by atoms with Gasteiger partial charge in [-0.05, 0) is 12.1 Å². The summed E-state index contributed by atoms with van der Waals surface area (Å²) in [6, 6.07) is 7.55. The van der Waals surface area contributed by atoms with Crippen molar-refractivity contribution in [3.63, 3.8) is 0 Å². The van der Waals surface area contributed by atoms with E-state index in [4.69, 9.17) is 16.7 Å². The van der Waals surface area contributed by atoms with Gasteiger partial charge in [-0.25, -0.2) is 9.97 Å². The third kappa shape index (κ3) is 2.63. The molecule has 1 aromatic carbocycles. The molecule has 0 radical (unpaired) electrons. The number of halogens is 1. The van der Waals surface area contributed by atoms with E-state index in [2.05, 4.69) is 20.3 Å². The molecule has 0 aliphatic heterocycles. The minimum absolute atomic E-state index is 0.189. The fraction of sp³-hybridized carbons (Fsp3) is 0.0769. The summed E-state index contributed by atoms with van der Waals surface area (Å²) in [6.07, 6.45) is 3.03. The van der Waals surface area contributed by atoms with Gasteiger partial charge in [-0.15, -0.1) is 0 Å². The second-order valence-corrected chi connectivity index (χ2v) is 4.62. The van der Waals surface area contributed by atoms with Crippen LogP contribution in [0.4, 0.5) is 5.95 Å². The summed E-state index contributed by atoms with van der Waals surface area (Å²) >= 11 is 6.13. The van der Waals surface area contributed by atoms with Crippen molar-refractivity contribution < 1.29 is 9.90 Å². The van der Waals surface area contributed by atoms with Gasteiger partial charge in [0.05, 0.1) is 17.2 Å². The zero-order valence-electron chi connectivity index (χ0n) is 10.7. The Bertz CT molecular complexity index is 817. The Labute approximate surface area is 124 Å². The maximum absolute atomic E-state index is 10.6. The number of nitrogens with one attached hydrogen (secondary N) is 1.